The normalized spacial score (nSPS) is 12.2. The average molecular weight is 470 g/mol. The number of aromatic nitrogens is 4. The Bertz CT molecular complexity index is 1540. The zero-order valence-corrected chi connectivity index (χ0v) is 19.6. The van der Waals surface area contributed by atoms with Crippen molar-refractivity contribution in [3.63, 3.8) is 0 Å². The van der Waals surface area contributed by atoms with Gasteiger partial charge < -0.3 is 5.32 Å². The van der Waals surface area contributed by atoms with Gasteiger partial charge in [-0.15, -0.1) is 10.2 Å². The van der Waals surface area contributed by atoms with Crippen molar-refractivity contribution >= 4 is 40.0 Å². The molecular weight excluding hydrogens is 446 g/mol. The van der Waals surface area contributed by atoms with Gasteiger partial charge in [0, 0.05) is 5.69 Å². The number of nitrogens with zero attached hydrogens (tertiary/aromatic N) is 4. The second-order valence-electron chi connectivity index (χ2n) is 7.91. The Hall–Kier alpha value is -3.91. The maximum absolute atomic E-state index is 13.3. The summed E-state index contributed by atoms with van der Waals surface area (Å²) >= 11 is 1.30. The minimum absolute atomic E-state index is 0.133. The summed E-state index contributed by atoms with van der Waals surface area (Å²) in [6.07, 6.45) is 0.947. The van der Waals surface area contributed by atoms with Gasteiger partial charge in [0.2, 0.25) is 11.7 Å². The van der Waals surface area contributed by atoms with Crippen LogP contribution in [0.25, 0.3) is 22.4 Å². The number of benzene rings is 3. The Morgan fingerprint density at radius 2 is 1.68 bits per heavy atom. The third-order valence-corrected chi connectivity index (χ3v) is 6.73. The van der Waals surface area contributed by atoms with Gasteiger partial charge in [-0.1, -0.05) is 61.2 Å². The van der Waals surface area contributed by atoms with E-state index in [-0.39, 0.29) is 11.5 Å². The predicted molar refractivity (Wildman–Crippen MR) is 136 cm³/mol. The Labute approximate surface area is 200 Å². The molecule has 1 N–H and O–H groups in total. The first-order valence-electron chi connectivity index (χ1n) is 11.1. The monoisotopic (exact) mass is 469 g/mol. The Kier molecular flexibility index (Phi) is 5.90. The third-order valence-electron chi connectivity index (χ3n) is 5.69. The number of hydrogen-bond donors (Lipinski definition) is 1. The molecule has 34 heavy (non-hydrogen) atoms. The number of nitrogens with one attached hydrogen (secondary N) is 1. The number of anilines is 1. The number of thioether (sulfide) groups is 1. The molecule has 5 aromatic rings. The minimum atomic E-state index is -0.436. The van der Waals surface area contributed by atoms with E-state index in [0.29, 0.717) is 27.5 Å². The van der Waals surface area contributed by atoms with E-state index in [1.54, 1.807) is 10.6 Å². The Balaban J connectivity index is 1.53. The van der Waals surface area contributed by atoms with Crippen LogP contribution >= 0.6 is 11.8 Å². The molecule has 0 aliphatic carbocycles. The summed E-state index contributed by atoms with van der Waals surface area (Å²) in [7, 11) is 0. The van der Waals surface area contributed by atoms with Crippen LogP contribution in [-0.4, -0.2) is 30.3 Å². The first-order chi connectivity index (χ1) is 16.6. The van der Waals surface area contributed by atoms with E-state index < -0.39 is 5.25 Å². The van der Waals surface area contributed by atoms with Gasteiger partial charge in [0.25, 0.3) is 5.56 Å². The van der Waals surface area contributed by atoms with Crippen LogP contribution in [0.2, 0.25) is 0 Å². The van der Waals surface area contributed by atoms with Gasteiger partial charge in [-0.25, -0.2) is 4.57 Å². The number of hydrogen-bond acceptors (Lipinski definition) is 5. The van der Waals surface area contributed by atoms with Crippen molar-refractivity contribution in [2.45, 2.75) is 30.7 Å². The molecule has 0 fully saturated rings. The van der Waals surface area contributed by atoms with Crippen LogP contribution in [-0.2, 0) is 11.2 Å². The molecule has 0 bridgehead atoms. The summed E-state index contributed by atoms with van der Waals surface area (Å²) in [5.41, 5.74) is 3.20. The molecule has 1 amide bonds. The second kappa shape index (κ2) is 9.15. The first kappa shape index (κ1) is 21.9. The third kappa shape index (κ3) is 3.97. The molecule has 1 atom stereocenters. The molecular formula is C26H23N5O2S. The van der Waals surface area contributed by atoms with Crippen LogP contribution in [0.15, 0.2) is 88.8 Å². The summed E-state index contributed by atoms with van der Waals surface area (Å²) in [6, 6.07) is 24.6. The van der Waals surface area contributed by atoms with Crippen LogP contribution in [0.1, 0.15) is 19.4 Å². The fourth-order valence-electron chi connectivity index (χ4n) is 3.84. The van der Waals surface area contributed by atoms with Crippen molar-refractivity contribution in [2.24, 2.45) is 0 Å². The van der Waals surface area contributed by atoms with E-state index in [1.807, 2.05) is 84.1 Å². The highest BCUT2D eigenvalue weighted by molar-refractivity contribution is 8.00. The van der Waals surface area contributed by atoms with E-state index in [0.717, 1.165) is 12.1 Å². The van der Waals surface area contributed by atoms with E-state index in [2.05, 4.69) is 22.4 Å². The van der Waals surface area contributed by atoms with E-state index in [1.165, 1.54) is 17.3 Å². The topological polar surface area (TPSA) is 81.3 Å². The lowest BCUT2D eigenvalue weighted by atomic mass is 10.1. The molecule has 0 saturated carbocycles. The first-order valence-corrected chi connectivity index (χ1v) is 12.0. The highest BCUT2D eigenvalue weighted by Gasteiger charge is 2.22. The molecule has 5 rings (SSSR count). The maximum atomic E-state index is 13.3. The van der Waals surface area contributed by atoms with Crippen molar-refractivity contribution in [1.29, 1.82) is 0 Å². The highest BCUT2D eigenvalue weighted by atomic mass is 32.2. The van der Waals surface area contributed by atoms with Crippen molar-refractivity contribution in [2.75, 3.05) is 5.32 Å². The molecule has 0 aliphatic heterocycles. The lowest BCUT2D eigenvalue weighted by Crippen LogP contribution is -2.23. The fraction of sp³-hybridized carbons (Fsp3) is 0.154. The molecule has 3 aromatic carbocycles. The van der Waals surface area contributed by atoms with E-state index >= 15 is 0 Å². The molecule has 8 heteroatoms. The van der Waals surface area contributed by atoms with Crippen molar-refractivity contribution < 1.29 is 4.79 Å². The number of aryl methyl sites for hydroxylation is 1. The number of para-hydroxylation sites is 2. The minimum Gasteiger partial charge on any atom is -0.325 e. The maximum Gasteiger partial charge on any atom is 0.267 e. The fourth-order valence-corrected chi connectivity index (χ4v) is 4.70. The molecule has 7 nitrogen and oxygen atoms in total. The van der Waals surface area contributed by atoms with Gasteiger partial charge in [-0.05, 0) is 55.3 Å². The number of carbonyl (C=O) groups excluding carboxylic acids is 1. The quantitative estimate of drug-likeness (QED) is 0.364. The molecule has 2 heterocycles. The average Bonchev–Trinajstić information content (AvgIpc) is 3.28. The van der Waals surface area contributed by atoms with Crippen LogP contribution < -0.4 is 10.9 Å². The standard InChI is InChI=1S/C26H23N5O2S/c1-3-18-13-15-19(16-14-18)27-23(32)17(2)34-26-29-28-25-30(20-9-5-4-6-10-20)24(33)21-11-7-8-12-22(21)31(25)26/h4-17H,3H2,1-2H3,(H,27,32). The number of amides is 1. The van der Waals surface area contributed by atoms with E-state index in [4.69, 9.17) is 0 Å². The summed E-state index contributed by atoms with van der Waals surface area (Å²) in [6.45, 7) is 3.92. The molecule has 0 saturated heterocycles. The number of fused-ring (bicyclic) bond motifs is 3. The summed E-state index contributed by atoms with van der Waals surface area (Å²) in [5.74, 6) is 0.270. The van der Waals surface area contributed by atoms with Gasteiger partial charge in [0.1, 0.15) is 0 Å². The summed E-state index contributed by atoms with van der Waals surface area (Å²) in [5, 5.41) is 12.3. The van der Waals surface area contributed by atoms with Gasteiger partial charge in [0.15, 0.2) is 5.16 Å². The lowest BCUT2D eigenvalue weighted by molar-refractivity contribution is -0.115. The predicted octanol–water partition coefficient (Wildman–Crippen LogP) is 4.72. The van der Waals surface area contributed by atoms with Crippen molar-refractivity contribution in [3.05, 3.63) is 94.8 Å². The van der Waals surface area contributed by atoms with Crippen LogP contribution in [0.5, 0.6) is 0 Å². The molecule has 2 aromatic heterocycles. The summed E-state index contributed by atoms with van der Waals surface area (Å²) < 4.78 is 3.40. The second-order valence-corrected chi connectivity index (χ2v) is 9.22. The molecule has 0 radical (unpaired) electrons. The zero-order valence-electron chi connectivity index (χ0n) is 18.8. The zero-order chi connectivity index (χ0) is 23.7. The summed E-state index contributed by atoms with van der Waals surface area (Å²) in [4.78, 5) is 26.2. The molecule has 1 unspecified atom stereocenters. The number of rotatable bonds is 6. The molecule has 170 valence electrons. The van der Waals surface area contributed by atoms with Crippen LogP contribution in [0.3, 0.4) is 0 Å². The van der Waals surface area contributed by atoms with Crippen LogP contribution in [0.4, 0.5) is 5.69 Å². The molecule has 0 aliphatic rings. The van der Waals surface area contributed by atoms with Gasteiger partial charge in [0.05, 0.1) is 21.8 Å². The van der Waals surface area contributed by atoms with Gasteiger partial charge in [-0.2, -0.15) is 0 Å². The van der Waals surface area contributed by atoms with Crippen molar-refractivity contribution in [3.8, 4) is 5.69 Å². The SMILES string of the molecule is CCc1ccc(NC(=O)C(C)Sc2nnc3n(-c4ccccc4)c(=O)c4ccccc4n23)cc1. The van der Waals surface area contributed by atoms with Gasteiger partial charge >= 0.3 is 0 Å². The lowest BCUT2D eigenvalue weighted by Gasteiger charge is -2.13. The smallest absolute Gasteiger partial charge is 0.267 e. The van der Waals surface area contributed by atoms with Gasteiger partial charge in [-0.3, -0.25) is 14.0 Å². The van der Waals surface area contributed by atoms with Crippen molar-refractivity contribution in [1.82, 2.24) is 19.2 Å². The Morgan fingerprint density at radius 3 is 2.41 bits per heavy atom. The molecule has 0 spiro atoms. The van der Waals surface area contributed by atoms with Crippen LogP contribution in [0, 0.1) is 0 Å². The number of carbonyl (C=O) groups is 1. The van der Waals surface area contributed by atoms with E-state index in [9.17, 15) is 9.59 Å². The largest absolute Gasteiger partial charge is 0.325 e. The Morgan fingerprint density at radius 1 is 0.971 bits per heavy atom. The highest BCUT2D eigenvalue weighted by Crippen LogP contribution is 2.27.